The first kappa shape index (κ1) is 14.2. The predicted octanol–water partition coefficient (Wildman–Crippen LogP) is 2.29. The molecule has 1 heterocycles. The summed E-state index contributed by atoms with van der Waals surface area (Å²) in [5, 5.41) is 6.56. The highest BCUT2D eigenvalue weighted by molar-refractivity contribution is 6.33. The minimum atomic E-state index is -0.0227. The number of anilines is 1. The van der Waals surface area contributed by atoms with E-state index in [4.69, 9.17) is 16.3 Å². The first-order chi connectivity index (χ1) is 9.25. The number of carbonyl (C=O) groups is 1. The van der Waals surface area contributed by atoms with Crippen molar-refractivity contribution in [2.75, 3.05) is 31.6 Å². The second-order valence-electron chi connectivity index (χ2n) is 4.72. The molecule has 19 heavy (non-hydrogen) atoms. The first-order valence-electron chi connectivity index (χ1n) is 6.58. The Hall–Kier alpha value is -1.26. The third kappa shape index (κ3) is 4.73. The quantitative estimate of drug-likeness (QED) is 0.871. The van der Waals surface area contributed by atoms with Gasteiger partial charge in [0.05, 0.1) is 23.9 Å². The van der Waals surface area contributed by atoms with Crippen molar-refractivity contribution in [3.8, 4) is 0 Å². The minimum absolute atomic E-state index is 0.0227. The normalized spacial score (nSPS) is 18.9. The van der Waals surface area contributed by atoms with Crippen molar-refractivity contribution in [1.29, 1.82) is 0 Å². The lowest BCUT2D eigenvalue weighted by Crippen LogP contribution is -2.36. The fourth-order valence-corrected chi connectivity index (χ4v) is 2.27. The maximum absolute atomic E-state index is 11.7. The lowest BCUT2D eigenvalue weighted by Gasteiger charge is -2.22. The molecule has 2 N–H and O–H groups in total. The van der Waals surface area contributed by atoms with Crippen LogP contribution in [0.25, 0.3) is 0 Å². The zero-order chi connectivity index (χ0) is 13.5. The van der Waals surface area contributed by atoms with E-state index in [2.05, 4.69) is 10.6 Å². The summed E-state index contributed by atoms with van der Waals surface area (Å²) in [6, 6.07) is 7.38. The van der Waals surface area contributed by atoms with Gasteiger partial charge in [0.2, 0.25) is 5.91 Å². The van der Waals surface area contributed by atoms with Crippen LogP contribution >= 0.6 is 11.6 Å². The molecule has 1 fully saturated rings. The molecule has 104 valence electrons. The largest absolute Gasteiger partial charge is 0.381 e. The summed E-state index contributed by atoms with van der Waals surface area (Å²) in [6.07, 6.45) is 2.20. The number of para-hydroxylation sites is 1. The Bertz CT molecular complexity index is 420. The zero-order valence-electron chi connectivity index (χ0n) is 10.8. The fourth-order valence-electron chi connectivity index (χ4n) is 2.07. The maximum Gasteiger partial charge on any atom is 0.239 e. The average molecular weight is 283 g/mol. The van der Waals surface area contributed by atoms with Crippen LogP contribution in [-0.4, -0.2) is 32.2 Å². The summed E-state index contributed by atoms with van der Waals surface area (Å²) in [5.74, 6) is 0.420. The Balaban J connectivity index is 1.68. The molecule has 1 amide bonds. The van der Waals surface area contributed by atoms with Gasteiger partial charge in [-0.15, -0.1) is 0 Å². The molecule has 0 spiro atoms. The van der Waals surface area contributed by atoms with Crippen molar-refractivity contribution in [2.45, 2.75) is 12.8 Å². The van der Waals surface area contributed by atoms with Crippen LogP contribution in [0.2, 0.25) is 5.02 Å². The van der Waals surface area contributed by atoms with Gasteiger partial charge < -0.3 is 15.4 Å². The van der Waals surface area contributed by atoms with Gasteiger partial charge >= 0.3 is 0 Å². The van der Waals surface area contributed by atoms with E-state index >= 15 is 0 Å². The minimum Gasteiger partial charge on any atom is -0.381 e. The number of benzene rings is 1. The van der Waals surface area contributed by atoms with Crippen LogP contribution in [0.3, 0.4) is 0 Å². The first-order valence-corrected chi connectivity index (χ1v) is 6.96. The lowest BCUT2D eigenvalue weighted by atomic mass is 10.0. The molecular weight excluding hydrogens is 264 g/mol. The van der Waals surface area contributed by atoms with Gasteiger partial charge in [0.15, 0.2) is 0 Å². The number of halogens is 1. The molecule has 0 aromatic heterocycles. The highest BCUT2D eigenvalue weighted by Gasteiger charge is 2.14. The number of nitrogens with one attached hydrogen (secondary N) is 2. The van der Waals surface area contributed by atoms with Gasteiger partial charge in [-0.25, -0.2) is 0 Å². The Morgan fingerprint density at radius 2 is 2.26 bits per heavy atom. The second kappa shape index (κ2) is 7.36. The molecule has 1 aromatic carbocycles. The van der Waals surface area contributed by atoms with E-state index in [1.807, 2.05) is 18.2 Å². The van der Waals surface area contributed by atoms with Gasteiger partial charge in [-0.2, -0.15) is 0 Å². The molecule has 1 atom stereocenters. The van der Waals surface area contributed by atoms with E-state index in [0.717, 1.165) is 31.7 Å². The summed E-state index contributed by atoms with van der Waals surface area (Å²) < 4.78 is 5.38. The van der Waals surface area contributed by atoms with E-state index < -0.39 is 0 Å². The number of carbonyl (C=O) groups excluding carboxylic acids is 1. The highest BCUT2D eigenvalue weighted by Crippen LogP contribution is 2.19. The molecule has 0 saturated carbocycles. The molecule has 1 aromatic rings. The maximum atomic E-state index is 11.7. The van der Waals surface area contributed by atoms with Gasteiger partial charge in [0, 0.05) is 13.2 Å². The second-order valence-corrected chi connectivity index (χ2v) is 5.13. The fraction of sp³-hybridized carbons (Fsp3) is 0.500. The third-order valence-electron chi connectivity index (χ3n) is 3.16. The van der Waals surface area contributed by atoms with Crippen LogP contribution in [0, 0.1) is 5.92 Å². The molecule has 2 rings (SSSR count). The SMILES string of the molecule is O=C(CNc1ccccc1Cl)NCC1CCCOC1. The number of hydrogen-bond donors (Lipinski definition) is 2. The number of hydrogen-bond acceptors (Lipinski definition) is 3. The standard InChI is InChI=1S/C14H19ClN2O2/c15-12-5-1-2-6-13(12)16-9-14(18)17-8-11-4-3-7-19-10-11/h1-2,5-6,11,16H,3-4,7-10H2,(H,17,18). The molecule has 0 radical (unpaired) electrons. The van der Waals surface area contributed by atoms with Crippen LogP contribution in [0.15, 0.2) is 24.3 Å². The number of amides is 1. The average Bonchev–Trinajstić information content (AvgIpc) is 2.45. The van der Waals surface area contributed by atoms with Gasteiger partial charge in [-0.3, -0.25) is 4.79 Å². The molecule has 5 heteroatoms. The van der Waals surface area contributed by atoms with Crippen molar-refractivity contribution in [1.82, 2.24) is 5.32 Å². The molecule has 1 saturated heterocycles. The van der Waals surface area contributed by atoms with Crippen molar-refractivity contribution >= 4 is 23.2 Å². The molecule has 0 bridgehead atoms. The van der Waals surface area contributed by atoms with Crippen molar-refractivity contribution in [2.24, 2.45) is 5.92 Å². The topological polar surface area (TPSA) is 50.4 Å². The van der Waals surface area contributed by atoms with Gasteiger partial charge in [0.25, 0.3) is 0 Å². The van der Waals surface area contributed by atoms with Crippen molar-refractivity contribution in [3.63, 3.8) is 0 Å². The van der Waals surface area contributed by atoms with Crippen molar-refractivity contribution < 1.29 is 9.53 Å². The predicted molar refractivity (Wildman–Crippen MR) is 76.5 cm³/mol. The van der Waals surface area contributed by atoms with Crippen LogP contribution in [0.5, 0.6) is 0 Å². The van der Waals surface area contributed by atoms with E-state index in [1.165, 1.54) is 0 Å². The third-order valence-corrected chi connectivity index (χ3v) is 3.49. The van der Waals surface area contributed by atoms with Gasteiger partial charge in [-0.1, -0.05) is 23.7 Å². The smallest absolute Gasteiger partial charge is 0.239 e. The molecule has 1 aliphatic heterocycles. The zero-order valence-corrected chi connectivity index (χ0v) is 11.6. The number of rotatable bonds is 5. The van der Waals surface area contributed by atoms with Gasteiger partial charge in [0.1, 0.15) is 0 Å². The molecule has 4 nitrogen and oxygen atoms in total. The van der Waals surface area contributed by atoms with Crippen molar-refractivity contribution in [3.05, 3.63) is 29.3 Å². The van der Waals surface area contributed by atoms with E-state index in [-0.39, 0.29) is 12.5 Å². The Morgan fingerprint density at radius 3 is 3.00 bits per heavy atom. The van der Waals surface area contributed by atoms with E-state index in [9.17, 15) is 4.79 Å². The number of ether oxygens (including phenoxy) is 1. The van der Waals surface area contributed by atoms with E-state index in [1.54, 1.807) is 6.07 Å². The molecular formula is C14H19ClN2O2. The molecule has 1 aliphatic rings. The summed E-state index contributed by atoms with van der Waals surface area (Å²) in [6.45, 7) is 2.51. The van der Waals surface area contributed by atoms with Gasteiger partial charge in [-0.05, 0) is 30.9 Å². The van der Waals surface area contributed by atoms with E-state index in [0.29, 0.717) is 17.5 Å². The van der Waals surface area contributed by atoms with Crippen LogP contribution in [0.1, 0.15) is 12.8 Å². The molecule has 0 aliphatic carbocycles. The van der Waals surface area contributed by atoms with Crippen LogP contribution < -0.4 is 10.6 Å². The Labute approximate surface area is 118 Å². The molecule has 1 unspecified atom stereocenters. The monoisotopic (exact) mass is 282 g/mol. The Kier molecular flexibility index (Phi) is 5.48. The Morgan fingerprint density at radius 1 is 1.42 bits per heavy atom. The summed E-state index contributed by atoms with van der Waals surface area (Å²) in [5.41, 5.74) is 0.778. The highest BCUT2D eigenvalue weighted by atomic mass is 35.5. The summed E-state index contributed by atoms with van der Waals surface area (Å²) in [7, 11) is 0. The summed E-state index contributed by atoms with van der Waals surface area (Å²) in [4.78, 5) is 11.7. The lowest BCUT2D eigenvalue weighted by molar-refractivity contribution is -0.119. The summed E-state index contributed by atoms with van der Waals surface area (Å²) >= 11 is 6.00. The van der Waals surface area contributed by atoms with Crippen LogP contribution in [-0.2, 0) is 9.53 Å². The van der Waals surface area contributed by atoms with Crippen LogP contribution in [0.4, 0.5) is 5.69 Å².